The average Bonchev–Trinajstić information content (AvgIpc) is 2.43. The van der Waals surface area contributed by atoms with E-state index < -0.39 is 0 Å². The van der Waals surface area contributed by atoms with Crippen LogP contribution in [0.3, 0.4) is 0 Å². The van der Waals surface area contributed by atoms with Crippen molar-refractivity contribution in [3.05, 3.63) is 34.9 Å². The summed E-state index contributed by atoms with van der Waals surface area (Å²) < 4.78 is 5.83. The number of nitrogens with one attached hydrogen (secondary N) is 1. The molecular weight excluding hydrogens is 234 g/mol. The van der Waals surface area contributed by atoms with Crippen LogP contribution in [0.2, 0.25) is 0 Å². The van der Waals surface area contributed by atoms with Crippen LogP contribution in [0.5, 0.6) is 0 Å². The van der Waals surface area contributed by atoms with Gasteiger partial charge in [0.25, 0.3) is 0 Å². The molecule has 1 rings (SSSR count). The quantitative estimate of drug-likeness (QED) is 0.797. The van der Waals surface area contributed by atoms with Crippen molar-refractivity contribution in [3.8, 4) is 0 Å². The van der Waals surface area contributed by atoms with E-state index in [1.165, 1.54) is 16.7 Å². The van der Waals surface area contributed by atoms with Crippen molar-refractivity contribution in [2.45, 2.75) is 59.1 Å². The molecule has 0 aromatic heterocycles. The number of methoxy groups -OCH3 is 1. The van der Waals surface area contributed by atoms with Crippen LogP contribution in [0.4, 0.5) is 0 Å². The highest BCUT2D eigenvalue weighted by Gasteiger charge is 2.34. The van der Waals surface area contributed by atoms with Crippen molar-refractivity contribution in [2.75, 3.05) is 13.7 Å². The van der Waals surface area contributed by atoms with E-state index in [4.69, 9.17) is 4.74 Å². The molecule has 2 unspecified atom stereocenters. The third-order valence-electron chi connectivity index (χ3n) is 4.33. The Morgan fingerprint density at radius 1 is 1.26 bits per heavy atom. The molecule has 1 aromatic carbocycles. The summed E-state index contributed by atoms with van der Waals surface area (Å²) in [6, 6.07) is 6.78. The van der Waals surface area contributed by atoms with Crippen LogP contribution in [-0.4, -0.2) is 19.3 Å². The minimum atomic E-state index is -0.173. The van der Waals surface area contributed by atoms with Crippen molar-refractivity contribution < 1.29 is 4.74 Å². The summed E-state index contributed by atoms with van der Waals surface area (Å²) in [5, 5.41) is 3.67. The molecule has 0 aliphatic carbocycles. The highest BCUT2D eigenvalue weighted by molar-refractivity contribution is 5.36. The summed E-state index contributed by atoms with van der Waals surface area (Å²) in [5.41, 5.74) is 3.90. The molecule has 0 spiro atoms. The maximum atomic E-state index is 5.83. The van der Waals surface area contributed by atoms with Gasteiger partial charge in [0.1, 0.15) is 0 Å². The van der Waals surface area contributed by atoms with Crippen LogP contribution < -0.4 is 5.32 Å². The SMILES string of the molecule is CCCNC(c1cccc(C)c1C)C(C)(CC)OC. The number of rotatable bonds is 7. The van der Waals surface area contributed by atoms with Gasteiger partial charge in [-0.3, -0.25) is 0 Å². The second-order valence-corrected chi connectivity index (χ2v) is 5.55. The number of benzene rings is 1. The van der Waals surface area contributed by atoms with E-state index in [9.17, 15) is 0 Å². The first-order chi connectivity index (χ1) is 9.00. The maximum absolute atomic E-state index is 5.83. The third-order valence-corrected chi connectivity index (χ3v) is 4.33. The van der Waals surface area contributed by atoms with Crippen LogP contribution in [0, 0.1) is 13.8 Å². The molecule has 0 saturated carbocycles. The lowest BCUT2D eigenvalue weighted by Crippen LogP contribution is -2.43. The molecule has 0 fully saturated rings. The van der Waals surface area contributed by atoms with Crippen molar-refractivity contribution in [2.24, 2.45) is 0 Å². The second-order valence-electron chi connectivity index (χ2n) is 5.55. The monoisotopic (exact) mass is 263 g/mol. The smallest absolute Gasteiger partial charge is 0.0842 e. The van der Waals surface area contributed by atoms with Crippen LogP contribution >= 0.6 is 0 Å². The van der Waals surface area contributed by atoms with Crippen LogP contribution in [0.1, 0.15) is 56.3 Å². The van der Waals surface area contributed by atoms with Gasteiger partial charge in [0.15, 0.2) is 0 Å². The first-order valence-corrected chi connectivity index (χ1v) is 7.34. The lowest BCUT2D eigenvalue weighted by atomic mass is 9.84. The summed E-state index contributed by atoms with van der Waals surface area (Å²) >= 11 is 0. The summed E-state index contributed by atoms with van der Waals surface area (Å²) in [6.45, 7) is 12.0. The zero-order valence-electron chi connectivity index (χ0n) is 13.3. The van der Waals surface area contributed by atoms with Crippen LogP contribution in [0.25, 0.3) is 0 Å². The Bertz CT molecular complexity index is 396. The molecule has 0 amide bonds. The average molecular weight is 263 g/mol. The minimum Gasteiger partial charge on any atom is -0.377 e. The molecule has 2 heteroatoms. The van der Waals surface area contributed by atoms with Gasteiger partial charge in [-0.05, 0) is 56.8 Å². The Morgan fingerprint density at radius 3 is 2.47 bits per heavy atom. The Hall–Kier alpha value is -0.860. The maximum Gasteiger partial charge on any atom is 0.0842 e. The molecule has 2 atom stereocenters. The number of ether oxygens (including phenoxy) is 1. The second kappa shape index (κ2) is 7.06. The van der Waals surface area contributed by atoms with E-state index >= 15 is 0 Å². The predicted octanol–water partition coefficient (Wildman–Crippen LogP) is 4.16. The van der Waals surface area contributed by atoms with Gasteiger partial charge in [-0.15, -0.1) is 0 Å². The van der Waals surface area contributed by atoms with Gasteiger partial charge in [-0.1, -0.05) is 32.0 Å². The van der Waals surface area contributed by atoms with Gasteiger partial charge in [0.2, 0.25) is 0 Å². The highest BCUT2D eigenvalue weighted by Crippen LogP contribution is 2.34. The Kier molecular flexibility index (Phi) is 6.02. The third kappa shape index (κ3) is 3.58. The first kappa shape index (κ1) is 16.2. The molecule has 0 aliphatic heterocycles. The first-order valence-electron chi connectivity index (χ1n) is 7.34. The largest absolute Gasteiger partial charge is 0.377 e. The van der Waals surface area contributed by atoms with Crippen molar-refractivity contribution in [1.82, 2.24) is 5.32 Å². The fraction of sp³-hybridized carbons (Fsp3) is 0.647. The van der Waals surface area contributed by atoms with E-state index in [0.29, 0.717) is 0 Å². The fourth-order valence-corrected chi connectivity index (χ4v) is 2.50. The molecule has 1 aromatic rings. The van der Waals surface area contributed by atoms with Gasteiger partial charge >= 0.3 is 0 Å². The molecule has 19 heavy (non-hydrogen) atoms. The van der Waals surface area contributed by atoms with E-state index in [1.807, 2.05) is 7.11 Å². The molecular formula is C17H29NO. The molecule has 0 saturated heterocycles. The summed E-state index contributed by atoms with van der Waals surface area (Å²) in [5.74, 6) is 0. The molecule has 0 aliphatic rings. The summed E-state index contributed by atoms with van der Waals surface area (Å²) in [4.78, 5) is 0. The van der Waals surface area contributed by atoms with Crippen molar-refractivity contribution >= 4 is 0 Å². The number of hydrogen-bond acceptors (Lipinski definition) is 2. The molecule has 0 heterocycles. The topological polar surface area (TPSA) is 21.3 Å². The standard InChI is InChI=1S/C17H29NO/c1-7-12-18-16(17(5,8-2)19-6)15-11-9-10-13(3)14(15)4/h9-11,16,18H,7-8,12H2,1-6H3. The fourth-order valence-electron chi connectivity index (χ4n) is 2.50. The Morgan fingerprint density at radius 2 is 1.95 bits per heavy atom. The lowest BCUT2D eigenvalue weighted by molar-refractivity contribution is -0.0301. The van der Waals surface area contributed by atoms with Gasteiger partial charge < -0.3 is 10.1 Å². The van der Waals surface area contributed by atoms with E-state index in [0.717, 1.165) is 19.4 Å². The zero-order valence-corrected chi connectivity index (χ0v) is 13.3. The van der Waals surface area contributed by atoms with E-state index in [-0.39, 0.29) is 11.6 Å². The van der Waals surface area contributed by atoms with Crippen molar-refractivity contribution in [1.29, 1.82) is 0 Å². The normalized spacial score (nSPS) is 16.1. The van der Waals surface area contributed by atoms with E-state index in [2.05, 4.69) is 58.1 Å². The summed E-state index contributed by atoms with van der Waals surface area (Å²) in [7, 11) is 1.81. The lowest BCUT2D eigenvalue weighted by Gasteiger charge is -2.38. The van der Waals surface area contributed by atoms with Gasteiger partial charge in [0.05, 0.1) is 11.6 Å². The van der Waals surface area contributed by atoms with Gasteiger partial charge in [-0.2, -0.15) is 0 Å². The van der Waals surface area contributed by atoms with Crippen LogP contribution in [0.15, 0.2) is 18.2 Å². The van der Waals surface area contributed by atoms with Crippen molar-refractivity contribution in [3.63, 3.8) is 0 Å². The Labute approximate surface area is 118 Å². The molecule has 2 nitrogen and oxygen atoms in total. The van der Waals surface area contributed by atoms with Gasteiger partial charge in [-0.25, -0.2) is 0 Å². The molecule has 1 N–H and O–H groups in total. The molecule has 0 radical (unpaired) electrons. The predicted molar refractivity (Wildman–Crippen MR) is 82.7 cm³/mol. The summed E-state index contributed by atoms with van der Waals surface area (Å²) in [6.07, 6.45) is 2.11. The minimum absolute atomic E-state index is 0.173. The zero-order chi connectivity index (χ0) is 14.5. The molecule has 0 bridgehead atoms. The number of hydrogen-bond donors (Lipinski definition) is 1. The highest BCUT2D eigenvalue weighted by atomic mass is 16.5. The number of aryl methyl sites for hydroxylation is 1. The molecule has 108 valence electrons. The van der Waals surface area contributed by atoms with Gasteiger partial charge in [0, 0.05) is 7.11 Å². The van der Waals surface area contributed by atoms with E-state index in [1.54, 1.807) is 0 Å². The van der Waals surface area contributed by atoms with Crippen LogP contribution in [-0.2, 0) is 4.74 Å². The Balaban J connectivity index is 3.19.